The molecule has 1 aromatic heterocycles. The molecule has 5 heteroatoms. The fourth-order valence-corrected chi connectivity index (χ4v) is 6.37. The lowest BCUT2D eigenvalue weighted by atomic mass is 9.94. The fraction of sp³-hybridized carbons (Fsp3) is 0.188. The topological polar surface area (TPSA) is 55.7 Å². The van der Waals surface area contributed by atoms with E-state index >= 15 is 0 Å². The first kappa shape index (κ1) is 23.7. The van der Waals surface area contributed by atoms with Crippen LogP contribution in [0, 0.1) is 13.8 Å². The van der Waals surface area contributed by atoms with E-state index in [1.54, 1.807) is 0 Å². The maximum Gasteiger partial charge on any atom is 0.453 e. The average Bonchev–Trinajstić information content (AvgIpc) is 3.03. The zero-order valence-electron chi connectivity index (χ0n) is 21.4. The Morgan fingerprint density at radius 3 is 2.11 bits per heavy atom. The highest BCUT2D eigenvalue weighted by Crippen LogP contribution is 2.44. The lowest BCUT2D eigenvalue weighted by molar-refractivity contribution is 0.282. The Balaban J connectivity index is 1.71. The van der Waals surface area contributed by atoms with E-state index in [0.717, 1.165) is 60.3 Å². The van der Waals surface area contributed by atoms with Gasteiger partial charge in [0.25, 0.3) is 0 Å². The first-order chi connectivity index (χ1) is 17.9. The van der Waals surface area contributed by atoms with Crippen molar-refractivity contribution in [2.24, 2.45) is 0 Å². The quantitative estimate of drug-likeness (QED) is 0.241. The summed E-state index contributed by atoms with van der Waals surface area (Å²) in [5, 5.41) is 16.3. The normalized spacial score (nSPS) is 12.2. The number of hydrogen-bond acceptors (Lipinski definition) is 4. The van der Waals surface area contributed by atoms with Crippen LogP contribution < -0.4 is 4.52 Å². The molecule has 0 fully saturated rings. The number of aliphatic hydroxyl groups excluding tert-OH is 1. The Morgan fingerprint density at radius 2 is 1.46 bits per heavy atom. The molecule has 6 aromatic rings. The molecule has 0 amide bonds. The minimum Gasteiger partial charge on any atom is -0.392 e. The van der Waals surface area contributed by atoms with Crippen molar-refractivity contribution in [2.75, 3.05) is 0 Å². The Bertz CT molecular complexity index is 1800. The second kappa shape index (κ2) is 9.30. The number of aliphatic hydroxyl groups is 1. The molecule has 6 rings (SSSR count). The molecule has 1 atom stereocenters. The molecule has 0 bridgehead atoms. The maximum atomic E-state index is 10.2. The van der Waals surface area contributed by atoms with Gasteiger partial charge in [-0.3, -0.25) is 0 Å². The molecule has 1 N–H and O–H groups in total. The molecule has 0 aliphatic rings. The van der Waals surface area contributed by atoms with Crippen LogP contribution in [0.5, 0.6) is 5.75 Å². The first-order valence-electron chi connectivity index (χ1n) is 12.6. The van der Waals surface area contributed by atoms with E-state index in [2.05, 4.69) is 69.3 Å². The minimum absolute atomic E-state index is 0.136. The van der Waals surface area contributed by atoms with Crippen molar-refractivity contribution in [3.05, 3.63) is 101 Å². The highest BCUT2D eigenvalue weighted by Gasteiger charge is 2.17. The van der Waals surface area contributed by atoms with Gasteiger partial charge in [0.05, 0.1) is 6.61 Å². The Hall–Kier alpha value is -3.72. The molecule has 0 saturated heterocycles. The predicted molar refractivity (Wildman–Crippen MR) is 153 cm³/mol. The van der Waals surface area contributed by atoms with E-state index in [1.165, 1.54) is 5.56 Å². The van der Waals surface area contributed by atoms with Gasteiger partial charge in [-0.05, 0) is 77.6 Å². The van der Waals surface area contributed by atoms with Crippen LogP contribution in [0.2, 0.25) is 0 Å². The summed E-state index contributed by atoms with van der Waals surface area (Å²) in [5.41, 5.74) is 5.53. The van der Waals surface area contributed by atoms with Crippen LogP contribution in [-0.4, -0.2) is 5.11 Å². The van der Waals surface area contributed by atoms with Gasteiger partial charge in [-0.1, -0.05) is 62.4 Å². The summed E-state index contributed by atoms with van der Waals surface area (Å²) in [6.45, 7) is 8.40. The summed E-state index contributed by atoms with van der Waals surface area (Å²) >= 11 is 0. The number of aryl methyl sites for hydroxylation is 2. The third-order valence-electron chi connectivity index (χ3n) is 6.99. The fourth-order valence-electron chi connectivity index (χ4n) is 5.24. The van der Waals surface area contributed by atoms with Crippen LogP contribution in [0.3, 0.4) is 0 Å². The molecule has 1 unspecified atom stereocenters. The highest BCUT2D eigenvalue weighted by atomic mass is 31.1. The second-order valence-electron chi connectivity index (χ2n) is 9.96. The van der Waals surface area contributed by atoms with E-state index in [-0.39, 0.29) is 6.61 Å². The zero-order chi connectivity index (χ0) is 25.7. The average molecular weight is 509 g/mol. The van der Waals surface area contributed by atoms with Crippen LogP contribution in [0.15, 0.2) is 87.3 Å². The summed E-state index contributed by atoms with van der Waals surface area (Å²) in [6, 6.07) is 26.9. The summed E-state index contributed by atoms with van der Waals surface area (Å²) < 4.78 is 19.7. The lowest BCUT2D eigenvalue weighted by Crippen LogP contribution is -1.92. The predicted octanol–water partition coefficient (Wildman–Crippen LogP) is 9.67. The van der Waals surface area contributed by atoms with Gasteiger partial charge in [-0.2, -0.15) is 0 Å². The molecular weight excluding hydrogens is 479 g/mol. The van der Waals surface area contributed by atoms with Crippen LogP contribution in [0.1, 0.15) is 42.0 Å². The molecule has 186 valence electrons. The van der Waals surface area contributed by atoms with Crippen molar-refractivity contribution in [1.82, 2.24) is 0 Å². The van der Waals surface area contributed by atoms with Gasteiger partial charge in [0.2, 0.25) is 0 Å². The van der Waals surface area contributed by atoms with Gasteiger partial charge in [0.1, 0.15) is 5.58 Å². The van der Waals surface area contributed by atoms with Crippen molar-refractivity contribution in [2.45, 2.75) is 40.2 Å². The standard InChI is InChI=1S/C32H29O4P/c1-19(2)27-17-28-29-14-20(3)13-24(18-33)31(29)35-37(34-30(28)15-21(27)4)36-32-25-11-7-5-9-22(25)16-23-10-6-8-12-26(23)32/h5-17,19,33H,18H2,1-4H3. The van der Waals surface area contributed by atoms with Crippen molar-refractivity contribution in [3.63, 3.8) is 0 Å². The number of benzene rings is 5. The summed E-state index contributed by atoms with van der Waals surface area (Å²) in [6.07, 6.45) is 0. The Morgan fingerprint density at radius 1 is 0.784 bits per heavy atom. The van der Waals surface area contributed by atoms with Crippen LogP contribution in [0.25, 0.3) is 43.5 Å². The van der Waals surface area contributed by atoms with E-state index in [4.69, 9.17) is 12.9 Å². The maximum absolute atomic E-state index is 10.2. The van der Waals surface area contributed by atoms with Gasteiger partial charge < -0.3 is 18.0 Å². The van der Waals surface area contributed by atoms with Crippen molar-refractivity contribution in [1.29, 1.82) is 0 Å². The first-order valence-corrected chi connectivity index (χ1v) is 13.7. The zero-order valence-corrected chi connectivity index (χ0v) is 22.3. The highest BCUT2D eigenvalue weighted by molar-refractivity contribution is 7.32. The van der Waals surface area contributed by atoms with E-state index in [1.807, 2.05) is 37.3 Å². The van der Waals surface area contributed by atoms with Crippen LogP contribution >= 0.6 is 8.24 Å². The van der Waals surface area contributed by atoms with Crippen LogP contribution in [-0.2, 0) is 6.61 Å². The summed E-state index contributed by atoms with van der Waals surface area (Å²) in [7, 11) is -1.87. The third kappa shape index (κ3) is 4.17. The van der Waals surface area contributed by atoms with Crippen molar-refractivity contribution in [3.8, 4) is 5.75 Å². The minimum atomic E-state index is -1.87. The van der Waals surface area contributed by atoms with Crippen molar-refractivity contribution < 1.29 is 18.0 Å². The number of hydrogen-bond donors (Lipinski definition) is 1. The van der Waals surface area contributed by atoms with E-state index in [9.17, 15) is 5.11 Å². The number of rotatable bonds is 4. The molecule has 4 nitrogen and oxygen atoms in total. The largest absolute Gasteiger partial charge is 0.453 e. The molecule has 0 saturated carbocycles. The van der Waals surface area contributed by atoms with E-state index < -0.39 is 8.24 Å². The Labute approximate surface area is 216 Å². The molecular formula is C32H29O4P. The lowest BCUT2D eigenvalue weighted by Gasteiger charge is -2.11. The molecule has 0 aliphatic heterocycles. The smallest absolute Gasteiger partial charge is 0.392 e. The van der Waals surface area contributed by atoms with Gasteiger partial charge in [0, 0.05) is 27.1 Å². The Kier molecular flexibility index (Phi) is 5.95. The molecule has 37 heavy (non-hydrogen) atoms. The summed E-state index contributed by atoms with van der Waals surface area (Å²) in [5.74, 6) is 1.10. The van der Waals surface area contributed by atoms with Gasteiger partial charge >= 0.3 is 8.24 Å². The number of fused-ring (bicyclic) bond motifs is 5. The SMILES string of the molecule is Cc1cc(CO)c2op(Oc3c4ccccc4cc4ccccc34)oc3cc(C)c(C(C)C)cc3c2c1. The van der Waals surface area contributed by atoms with Gasteiger partial charge in [0.15, 0.2) is 11.3 Å². The molecule has 0 spiro atoms. The van der Waals surface area contributed by atoms with Gasteiger partial charge in [-0.15, -0.1) is 0 Å². The van der Waals surface area contributed by atoms with Gasteiger partial charge in [-0.25, -0.2) is 0 Å². The monoisotopic (exact) mass is 508 g/mol. The van der Waals surface area contributed by atoms with Crippen molar-refractivity contribution >= 4 is 51.7 Å². The second-order valence-corrected chi connectivity index (χ2v) is 11.0. The third-order valence-corrected chi connectivity index (χ3v) is 8.00. The molecule has 5 aromatic carbocycles. The van der Waals surface area contributed by atoms with Crippen LogP contribution in [0.4, 0.5) is 0 Å². The molecule has 0 aliphatic carbocycles. The summed E-state index contributed by atoms with van der Waals surface area (Å²) in [4.78, 5) is 0. The van der Waals surface area contributed by atoms with E-state index in [0.29, 0.717) is 11.5 Å². The molecule has 1 heterocycles. The molecule has 0 radical (unpaired) electrons.